The van der Waals surface area contributed by atoms with E-state index < -0.39 is 5.41 Å². The van der Waals surface area contributed by atoms with Crippen LogP contribution in [0.2, 0.25) is 0 Å². The number of fused-ring (bicyclic) bond motifs is 8. The third kappa shape index (κ3) is 2.94. The number of hydrogen-bond donors (Lipinski definition) is 1. The van der Waals surface area contributed by atoms with E-state index in [1.165, 1.54) is 16.7 Å². The average molecular weight is 501 g/mol. The van der Waals surface area contributed by atoms with E-state index >= 15 is 0 Å². The minimum atomic E-state index is -0.649. The minimum Gasteiger partial charge on any atom is -0.508 e. The van der Waals surface area contributed by atoms with Crippen LogP contribution in [0.5, 0.6) is 17.2 Å². The Labute approximate surface area is 223 Å². The Balaban J connectivity index is 1.73. The molecule has 0 amide bonds. The van der Waals surface area contributed by atoms with Crippen LogP contribution in [0.25, 0.3) is 16.7 Å². The lowest BCUT2D eigenvalue weighted by Crippen LogP contribution is -2.38. The van der Waals surface area contributed by atoms with Crippen molar-refractivity contribution in [2.45, 2.75) is 57.8 Å². The third-order valence-electron chi connectivity index (χ3n) is 8.34. The number of para-hydroxylation sites is 1. The van der Waals surface area contributed by atoms with Crippen molar-refractivity contribution in [3.63, 3.8) is 0 Å². The molecule has 0 unspecified atom stereocenters. The number of ether oxygens (including phenoxy) is 1. The predicted octanol–water partition coefficient (Wildman–Crippen LogP) is 8.13. The van der Waals surface area contributed by atoms with Gasteiger partial charge in [-0.25, -0.2) is 4.98 Å². The molecule has 0 bridgehead atoms. The highest BCUT2D eigenvalue weighted by Crippen LogP contribution is 2.60. The molecule has 1 spiro atoms. The standard InChI is InChI=1S/C34H32N2O2/c1-32(2,3)20-10-14-29-25(16-20)34(26-17-21(33(4,5)6)11-15-30(26)38-29)23-13-12-22(37)18-28(23)36-19-35-27-9-7-8-24(34)31(27)36/h7-19,37H,1-6H3. The highest BCUT2D eigenvalue weighted by Gasteiger charge is 2.50. The van der Waals surface area contributed by atoms with Gasteiger partial charge in [0.05, 0.1) is 22.1 Å². The minimum absolute atomic E-state index is 0.0377. The number of rotatable bonds is 0. The van der Waals surface area contributed by atoms with Crippen molar-refractivity contribution in [1.29, 1.82) is 0 Å². The van der Waals surface area contributed by atoms with Gasteiger partial charge in [-0.05, 0) is 69.5 Å². The van der Waals surface area contributed by atoms with Crippen molar-refractivity contribution in [3.8, 4) is 22.9 Å². The highest BCUT2D eigenvalue weighted by molar-refractivity contribution is 5.90. The molecule has 190 valence electrons. The summed E-state index contributed by atoms with van der Waals surface area (Å²) in [4.78, 5) is 4.77. The van der Waals surface area contributed by atoms with Crippen molar-refractivity contribution in [2.24, 2.45) is 0 Å². The summed E-state index contributed by atoms with van der Waals surface area (Å²) in [7, 11) is 0. The number of phenols is 1. The number of aromatic nitrogens is 2. The van der Waals surface area contributed by atoms with E-state index in [0.29, 0.717) is 0 Å². The Morgan fingerprint density at radius 2 is 1.34 bits per heavy atom. The topological polar surface area (TPSA) is 47.3 Å². The van der Waals surface area contributed by atoms with Gasteiger partial charge in [0.25, 0.3) is 0 Å². The van der Waals surface area contributed by atoms with E-state index in [2.05, 4.69) is 107 Å². The van der Waals surface area contributed by atoms with Gasteiger partial charge in [0.15, 0.2) is 0 Å². The molecule has 4 aromatic carbocycles. The van der Waals surface area contributed by atoms with Crippen molar-refractivity contribution in [1.82, 2.24) is 9.55 Å². The van der Waals surface area contributed by atoms with Crippen molar-refractivity contribution in [2.75, 3.05) is 0 Å². The SMILES string of the molecule is CC(C)(C)c1ccc2c(c1)C1(c3cc(C(C)(C)C)ccc3O2)c2ccc(O)cc2-n2cnc3cccc1c32. The lowest BCUT2D eigenvalue weighted by atomic mass is 9.60. The van der Waals surface area contributed by atoms with Gasteiger partial charge in [-0.15, -0.1) is 0 Å². The largest absolute Gasteiger partial charge is 0.508 e. The van der Waals surface area contributed by atoms with Crippen LogP contribution in [-0.4, -0.2) is 14.7 Å². The maximum atomic E-state index is 10.6. The zero-order valence-corrected chi connectivity index (χ0v) is 22.8. The summed E-state index contributed by atoms with van der Waals surface area (Å²) in [5.74, 6) is 1.95. The van der Waals surface area contributed by atoms with Gasteiger partial charge in [-0.1, -0.05) is 71.9 Å². The number of hydrogen-bond acceptors (Lipinski definition) is 3. The number of aromatic hydroxyl groups is 1. The molecule has 2 aliphatic heterocycles. The molecule has 7 rings (SSSR count). The lowest BCUT2D eigenvalue weighted by molar-refractivity contribution is 0.430. The van der Waals surface area contributed by atoms with Crippen LogP contribution < -0.4 is 4.74 Å². The van der Waals surface area contributed by atoms with Gasteiger partial charge in [0.2, 0.25) is 0 Å². The number of nitrogens with zero attached hydrogens (tertiary/aromatic N) is 2. The molecule has 1 aromatic heterocycles. The molecule has 0 radical (unpaired) electrons. The van der Waals surface area contributed by atoms with Crippen molar-refractivity contribution >= 4 is 11.0 Å². The third-order valence-corrected chi connectivity index (χ3v) is 8.34. The van der Waals surface area contributed by atoms with Crippen LogP contribution in [0.3, 0.4) is 0 Å². The molecule has 0 saturated heterocycles. The normalized spacial score (nSPS) is 15.1. The second kappa shape index (κ2) is 7.28. The molecule has 1 N–H and O–H groups in total. The fraction of sp³-hybridized carbons (Fsp3) is 0.265. The number of phenolic OH excluding ortho intramolecular Hbond substituents is 1. The molecule has 3 heterocycles. The van der Waals surface area contributed by atoms with E-state index in [9.17, 15) is 5.11 Å². The van der Waals surface area contributed by atoms with Gasteiger partial charge < -0.3 is 9.84 Å². The molecule has 0 fully saturated rings. The zero-order chi connectivity index (χ0) is 26.6. The van der Waals surface area contributed by atoms with Crippen LogP contribution in [0, 0.1) is 0 Å². The molecule has 38 heavy (non-hydrogen) atoms. The summed E-state index contributed by atoms with van der Waals surface area (Å²) < 4.78 is 8.80. The van der Waals surface area contributed by atoms with Crippen LogP contribution in [0.15, 0.2) is 79.1 Å². The predicted molar refractivity (Wildman–Crippen MR) is 152 cm³/mol. The fourth-order valence-corrected chi connectivity index (χ4v) is 6.33. The Kier molecular flexibility index (Phi) is 4.43. The van der Waals surface area contributed by atoms with Gasteiger partial charge in [0.1, 0.15) is 23.6 Å². The fourth-order valence-electron chi connectivity index (χ4n) is 6.33. The lowest BCUT2D eigenvalue weighted by Gasteiger charge is -2.45. The van der Waals surface area contributed by atoms with Crippen LogP contribution in [-0.2, 0) is 16.2 Å². The van der Waals surface area contributed by atoms with Crippen LogP contribution in [0.4, 0.5) is 0 Å². The van der Waals surface area contributed by atoms with Crippen molar-refractivity contribution in [3.05, 3.63) is 113 Å². The van der Waals surface area contributed by atoms with E-state index in [1.807, 2.05) is 12.4 Å². The maximum absolute atomic E-state index is 10.6. The van der Waals surface area contributed by atoms with Crippen LogP contribution in [0.1, 0.15) is 74.9 Å². The summed E-state index contributed by atoms with van der Waals surface area (Å²) in [5.41, 5.74) is 9.24. The van der Waals surface area contributed by atoms with Gasteiger partial charge in [0, 0.05) is 17.2 Å². The average Bonchev–Trinajstić information content (AvgIpc) is 3.30. The quantitative estimate of drug-likeness (QED) is 0.229. The van der Waals surface area contributed by atoms with E-state index in [4.69, 9.17) is 9.72 Å². The second-order valence-electron chi connectivity index (χ2n) is 12.8. The van der Waals surface area contributed by atoms with Crippen molar-refractivity contribution < 1.29 is 9.84 Å². The summed E-state index contributed by atoms with van der Waals surface area (Å²) in [6, 6.07) is 25.5. The monoisotopic (exact) mass is 500 g/mol. The first-order valence-corrected chi connectivity index (χ1v) is 13.3. The summed E-state index contributed by atoms with van der Waals surface area (Å²) in [5, 5.41) is 10.6. The maximum Gasteiger partial charge on any atom is 0.132 e. The Morgan fingerprint density at radius 3 is 1.95 bits per heavy atom. The molecule has 0 saturated carbocycles. The van der Waals surface area contributed by atoms with Crippen LogP contribution >= 0.6 is 0 Å². The molecule has 0 aliphatic carbocycles. The summed E-state index contributed by atoms with van der Waals surface area (Å²) in [6.45, 7) is 13.5. The first kappa shape index (κ1) is 23.1. The Hall–Kier alpha value is -4.05. The van der Waals surface area contributed by atoms with E-state index in [1.54, 1.807) is 6.07 Å². The highest BCUT2D eigenvalue weighted by atomic mass is 16.5. The molecule has 4 nitrogen and oxygen atoms in total. The van der Waals surface area contributed by atoms with E-state index in [0.717, 1.165) is 44.9 Å². The summed E-state index contributed by atoms with van der Waals surface area (Å²) >= 11 is 0. The van der Waals surface area contributed by atoms with Gasteiger partial charge in [-0.2, -0.15) is 0 Å². The number of imidazole rings is 1. The molecule has 5 aromatic rings. The molecular weight excluding hydrogens is 468 g/mol. The first-order valence-electron chi connectivity index (χ1n) is 13.3. The Morgan fingerprint density at radius 1 is 0.711 bits per heavy atom. The first-order chi connectivity index (χ1) is 18.0. The summed E-state index contributed by atoms with van der Waals surface area (Å²) in [6.07, 6.45) is 1.87. The Bertz CT molecular complexity index is 1720. The zero-order valence-electron chi connectivity index (χ0n) is 22.8. The number of benzene rings is 4. The molecule has 4 heteroatoms. The van der Waals surface area contributed by atoms with Gasteiger partial charge >= 0.3 is 0 Å². The van der Waals surface area contributed by atoms with Gasteiger partial charge in [-0.3, -0.25) is 4.57 Å². The van der Waals surface area contributed by atoms with E-state index in [-0.39, 0.29) is 16.6 Å². The smallest absolute Gasteiger partial charge is 0.132 e. The molecule has 2 aliphatic rings. The molecular formula is C34H32N2O2. The second-order valence-corrected chi connectivity index (χ2v) is 12.8. The molecule has 0 atom stereocenters.